The molecule has 0 saturated heterocycles. The van der Waals surface area contributed by atoms with Crippen LogP contribution in [0.15, 0.2) is 41.8 Å². The molecule has 0 aliphatic heterocycles. The molecular formula is C19H23FN2OS. The summed E-state index contributed by atoms with van der Waals surface area (Å²) in [5.41, 5.74) is 0.948. The minimum Gasteiger partial charge on any atom is -0.338 e. The van der Waals surface area contributed by atoms with Crippen LogP contribution in [0.5, 0.6) is 0 Å². The predicted molar refractivity (Wildman–Crippen MR) is 95.3 cm³/mol. The molecule has 0 radical (unpaired) electrons. The highest BCUT2D eigenvalue weighted by Gasteiger charge is 2.31. The van der Waals surface area contributed by atoms with Gasteiger partial charge in [0.05, 0.1) is 12.6 Å². The molecule has 1 saturated carbocycles. The Hall–Kier alpha value is -1.72. The molecule has 1 amide bonds. The third-order valence-corrected chi connectivity index (χ3v) is 5.53. The zero-order valence-corrected chi connectivity index (χ0v) is 14.9. The molecule has 5 heteroatoms. The highest BCUT2D eigenvalue weighted by atomic mass is 32.1. The van der Waals surface area contributed by atoms with E-state index >= 15 is 0 Å². The molecule has 0 bridgehead atoms. The van der Waals surface area contributed by atoms with Gasteiger partial charge in [-0.2, -0.15) is 0 Å². The van der Waals surface area contributed by atoms with Crippen LogP contribution in [-0.4, -0.2) is 35.3 Å². The fourth-order valence-corrected chi connectivity index (χ4v) is 3.55. The number of rotatable bonds is 7. The maximum atomic E-state index is 13.1. The number of nitrogens with zero attached hydrogens (tertiary/aromatic N) is 2. The van der Waals surface area contributed by atoms with Crippen molar-refractivity contribution < 1.29 is 9.18 Å². The number of amides is 1. The molecule has 1 fully saturated rings. The first-order valence-corrected chi connectivity index (χ1v) is 9.20. The van der Waals surface area contributed by atoms with Crippen molar-refractivity contribution in [1.29, 1.82) is 0 Å². The Labute approximate surface area is 146 Å². The van der Waals surface area contributed by atoms with Crippen molar-refractivity contribution in [3.05, 3.63) is 58.0 Å². The van der Waals surface area contributed by atoms with E-state index in [9.17, 15) is 9.18 Å². The monoisotopic (exact) mass is 346 g/mol. The van der Waals surface area contributed by atoms with Gasteiger partial charge in [0.15, 0.2) is 0 Å². The van der Waals surface area contributed by atoms with Crippen LogP contribution in [0.25, 0.3) is 0 Å². The van der Waals surface area contributed by atoms with Crippen LogP contribution in [0.2, 0.25) is 0 Å². The molecule has 1 aromatic heterocycles. The quantitative estimate of drug-likeness (QED) is 0.754. The molecule has 1 aliphatic carbocycles. The smallest absolute Gasteiger partial charge is 0.237 e. The summed E-state index contributed by atoms with van der Waals surface area (Å²) in [6, 6.07) is 11.0. The molecule has 128 valence electrons. The first-order valence-electron chi connectivity index (χ1n) is 8.32. The van der Waals surface area contributed by atoms with Crippen LogP contribution in [0.4, 0.5) is 4.39 Å². The zero-order chi connectivity index (χ0) is 17.1. The van der Waals surface area contributed by atoms with Crippen molar-refractivity contribution in [2.24, 2.45) is 0 Å². The van der Waals surface area contributed by atoms with Gasteiger partial charge < -0.3 is 4.90 Å². The van der Waals surface area contributed by atoms with E-state index in [0.717, 1.165) is 12.1 Å². The summed E-state index contributed by atoms with van der Waals surface area (Å²) >= 11 is 1.73. The van der Waals surface area contributed by atoms with Gasteiger partial charge in [-0.15, -0.1) is 11.3 Å². The SMILES string of the molecule is CC(c1ccc(F)cc1)N(C)C(=O)CN(Cc1cccs1)C1CC1. The summed E-state index contributed by atoms with van der Waals surface area (Å²) in [4.78, 5) is 18.0. The van der Waals surface area contributed by atoms with Crippen molar-refractivity contribution in [2.75, 3.05) is 13.6 Å². The Bertz CT molecular complexity index is 667. The van der Waals surface area contributed by atoms with E-state index in [1.54, 1.807) is 28.4 Å². The van der Waals surface area contributed by atoms with Crippen molar-refractivity contribution in [3.8, 4) is 0 Å². The lowest BCUT2D eigenvalue weighted by atomic mass is 10.1. The third kappa shape index (κ3) is 4.22. The Morgan fingerprint density at radius 3 is 2.58 bits per heavy atom. The van der Waals surface area contributed by atoms with Crippen LogP contribution < -0.4 is 0 Å². The molecule has 2 aromatic rings. The third-order valence-electron chi connectivity index (χ3n) is 4.67. The molecule has 1 heterocycles. The number of benzene rings is 1. The van der Waals surface area contributed by atoms with Gasteiger partial charge in [-0.3, -0.25) is 9.69 Å². The first kappa shape index (κ1) is 17.1. The second kappa shape index (κ2) is 7.45. The van der Waals surface area contributed by atoms with Gasteiger partial charge >= 0.3 is 0 Å². The molecular weight excluding hydrogens is 323 g/mol. The Morgan fingerprint density at radius 1 is 1.29 bits per heavy atom. The largest absolute Gasteiger partial charge is 0.338 e. The predicted octanol–water partition coefficient (Wildman–Crippen LogP) is 4.07. The first-order chi connectivity index (χ1) is 11.5. The zero-order valence-electron chi connectivity index (χ0n) is 14.1. The van der Waals surface area contributed by atoms with Crippen LogP contribution in [0, 0.1) is 5.82 Å². The van der Waals surface area contributed by atoms with Gasteiger partial charge in [0.2, 0.25) is 5.91 Å². The summed E-state index contributed by atoms with van der Waals surface area (Å²) in [6.07, 6.45) is 2.35. The Balaban J connectivity index is 1.62. The van der Waals surface area contributed by atoms with Crippen LogP contribution in [-0.2, 0) is 11.3 Å². The lowest BCUT2D eigenvalue weighted by Gasteiger charge is -2.29. The molecule has 1 aromatic carbocycles. The Morgan fingerprint density at radius 2 is 2.00 bits per heavy atom. The van der Waals surface area contributed by atoms with Gasteiger partial charge in [0.1, 0.15) is 5.82 Å². The van der Waals surface area contributed by atoms with E-state index in [0.29, 0.717) is 12.6 Å². The molecule has 1 atom stereocenters. The number of carbonyl (C=O) groups excluding carboxylic acids is 1. The second-order valence-electron chi connectivity index (χ2n) is 6.45. The molecule has 0 N–H and O–H groups in total. The number of hydrogen-bond acceptors (Lipinski definition) is 3. The summed E-state index contributed by atoms with van der Waals surface area (Å²) in [6.45, 7) is 3.25. The van der Waals surface area contributed by atoms with Crippen LogP contribution in [0.1, 0.15) is 36.2 Å². The van der Waals surface area contributed by atoms with Crippen molar-refractivity contribution in [3.63, 3.8) is 0 Å². The summed E-state index contributed by atoms with van der Waals surface area (Å²) < 4.78 is 13.1. The fourth-order valence-electron chi connectivity index (χ4n) is 2.82. The molecule has 3 nitrogen and oxygen atoms in total. The van der Waals surface area contributed by atoms with E-state index < -0.39 is 0 Å². The minimum absolute atomic E-state index is 0.0686. The molecule has 1 aliphatic rings. The topological polar surface area (TPSA) is 23.6 Å². The fraction of sp³-hybridized carbons (Fsp3) is 0.421. The van der Waals surface area contributed by atoms with E-state index in [2.05, 4.69) is 22.4 Å². The van der Waals surface area contributed by atoms with E-state index in [-0.39, 0.29) is 17.8 Å². The van der Waals surface area contributed by atoms with Gasteiger partial charge in [0.25, 0.3) is 0 Å². The minimum atomic E-state index is -0.254. The van der Waals surface area contributed by atoms with Crippen LogP contribution in [0.3, 0.4) is 0 Å². The standard InChI is InChI=1S/C19H23FN2OS/c1-14(15-5-7-16(20)8-6-15)21(2)19(23)13-22(17-9-10-17)12-18-4-3-11-24-18/h3-8,11,14,17H,9-10,12-13H2,1-2H3. The average molecular weight is 346 g/mol. The van der Waals surface area contributed by atoms with Crippen molar-refractivity contribution in [1.82, 2.24) is 9.80 Å². The molecule has 24 heavy (non-hydrogen) atoms. The maximum absolute atomic E-state index is 13.1. The summed E-state index contributed by atoms with van der Waals surface area (Å²) in [5, 5.41) is 2.07. The Kier molecular flexibility index (Phi) is 5.31. The van der Waals surface area contributed by atoms with Gasteiger partial charge in [0, 0.05) is 24.5 Å². The van der Waals surface area contributed by atoms with Gasteiger partial charge in [-0.25, -0.2) is 4.39 Å². The number of thiophene rings is 1. The maximum Gasteiger partial charge on any atom is 0.237 e. The number of hydrogen-bond donors (Lipinski definition) is 0. The number of likely N-dealkylation sites (N-methyl/N-ethyl adjacent to an activating group) is 1. The highest BCUT2D eigenvalue weighted by Crippen LogP contribution is 2.29. The van der Waals surface area contributed by atoms with Gasteiger partial charge in [-0.1, -0.05) is 18.2 Å². The van der Waals surface area contributed by atoms with E-state index in [4.69, 9.17) is 0 Å². The molecule has 0 spiro atoms. The van der Waals surface area contributed by atoms with Crippen LogP contribution >= 0.6 is 11.3 Å². The number of carbonyl (C=O) groups is 1. The van der Waals surface area contributed by atoms with Gasteiger partial charge in [-0.05, 0) is 48.9 Å². The summed E-state index contributed by atoms with van der Waals surface area (Å²) in [5.74, 6) is -0.147. The molecule has 1 unspecified atom stereocenters. The summed E-state index contributed by atoms with van der Waals surface area (Å²) in [7, 11) is 1.83. The average Bonchev–Trinajstić information content (AvgIpc) is 3.31. The lowest BCUT2D eigenvalue weighted by molar-refractivity contribution is -0.133. The van der Waals surface area contributed by atoms with E-state index in [1.807, 2.05) is 14.0 Å². The normalized spacial score (nSPS) is 15.5. The number of halogens is 1. The highest BCUT2D eigenvalue weighted by molar-refractivity contribution is 7.09. The second-order valence-corrected chi connectivity index (χ2v) is 7.48. The van der Waals surface area contributed by atoms with Crippen molar-refractivity contribution >= 4 is 17.2 Å². The van der Waals surface area contributed by atoms with E-state index in [1.165, 1.54) is 29.9 Å². The lowest BCUT2D eigenvalue weighted by Crippen LogP contribution is -2.40. The van der Waals surface area contributed by atoms with Crippen molar-refractivity contribution in [2.45, 2.75) is 38.4 Å². The molecule has 3 rings (SSSR count).